The van der Waals surface area contributed by atoms with Crippen LogP contribution in [0.5, 0.6) is 5.88 Å². The standard InChI is InChI=1S/C14H20N4OS/c1-10(11-5-7-15-8-6-11)16-9-12-13(19-4)17-14(20-12)18(2)3/h5-8,10,16H,9H2,1-4H3. The summed E-state index contributed by atoms with van der Waals surface area (Å²) >= 11 is 1.64. The molecule has 0 saturated carbocycles. The summed E-state index contributed by atoms with van der Waals surface area (Å²) in [5.41, 5.74) is 1.22. The van der Waals surface area contributed by atoms with Crippen LogP contribution in [-0.4, -0.2) is 31.2 Å². The molecular weight excluding hydrogens is 272 g/mol. The normalized spacial score (nSPS) is 12.2. The Morgan fingerprint density at radius 2 is 2.05 bits per heavy atom. The fourth-order valence-electron chi connectivity index (χ4n) is 1.80. The lowest BCUT2D eigenvalue weighted by atomic mass is 10.1. The number of anilines is 1. The van der Waals surface area contributed by atoms with Gasteiger partial charge in [0, 0.05) is 39.1 Å². The lowest BCUT2D eigenvalue weighted by molar-refractivity contribution is 0.393. The van der Waals surface area contributed by atoms with E-state index in [1.54, 1.807) is 18.4 Å². The number of hydrogen-bond acceptors (Lipinski definition) is 6. The van der Waals surface area contributed by atoms with Crippen LogP contribution in [0.1, 0.15) is 23.4 Å². The first-order valence-electron chi connectivity index (χ1n) is 6.46. The highest BCUT2D eigenvalue weighted by Gasteiger charge is 2.14. The van der Waals surface area contributed by atoms with E-state index in [1.807, 2.05) is 43.5 Å². The van der Waals surface area contributed by atoms with Gasteiger partial charge in [-0.25, -0.2) is 0 Å². The van der Waals surface area contributed by atoms with Gasteiger partial charge in [-0.3, -0.25) is 4.98 Å². The van der Waals surface area contributed by atoms with Crippen molar-refractivity contribution >= 4 is 16.5 Å². The number of aromatic nitrogens is 2. The number of hydrogen-bond donors (Lipinski definition) is 1. The molecule has 2 aromatic heterocycles. The van der Waals surface area contributed by atoms with E-state index in [4.69, 9.17) is 4.74 Å². The Bertz CT molecular complexity index is 541. The highest BCUT2D eigenvalue weighted by Crippen LogP contribution is 2.30. The van der Waals surface area contributed by atoms with Crippen LogP contribution in [0.15, 0.2) is 24.5 Å². The largest absolute Gasteiger partial charge is 0.480 e. The van der Waals surface area contributed by atoms with Crippen LogP contribution >= 0.6 is 11.3 Å². The van der Waals surface area contributed by atoms with E-state index in [-0.39, 0.29) is 6.04 Å². The Labute approximate surface area is 123 Å². The van der Waals surface area contributed by atoms with Crippen LogP contribution in [0.25, 0.3) is 0 Å². The first-order chi connectivity index (χ1) is 9.61. The Hall–Kier alpha value is -1.66. The minimum atomic E-state index is 0.257. The minimum Gasteiger partial charge on any atom is -0.480 e. The SMILES string of the molecule is COc1nc(N(C)C)sc1CNC(C)c1ccncc1. The van der Waals surface area contributed by atoms with E-state index in [1.165, 1.54) is 5.56 Å². The zero-order chi connectivity index (χ0) is 14.5. The molecule has 2 aromatic rings. The van der Waals surface area contributed by atoms with Crippen molar-refractivity contribution in [3.8, 4) is 5.88 Å². The van der Waals surface area contributed by atoms with E-state index in [0.717, 1.165) is 16.6 Å². The lowest BCUT2D eigenvalue weighted by Crippen LogP contribution is -2.17. The van der Waals surface area contributed by atoms with Crippen molar-refractivity contribution in [3.05, 3.63) is 35.0 Å². The molecule has 0 amide bonds. The fraction of sp³-hybridized carbons (Fsp3) is 0.429. The van der Waals surface area contributed by atoms with Gasteiger partial charge in [-0.05, 0) is 24.6 Å². The summed E-state index contributed by atoms with van der Waals surface area (Å²) in [6.07, 6.45) is 3.62. The zero-order valence-electron chi connectivity index (χ0n) is 12.3. The Kier molecular flexibility index (Phi) is 4.92. The van der Waals surface area contributed by atoms with Crippen LogP contribution in [-0.2, 0) is 6.54 Å². The molecule has 108 valence electrons. The van der Waals surface area contributed by atoms with Gasteiger partial charge in [0.1, 0.15) is 0 Å². The molecule has 0 fully saturated rings. The van der Waals surface area contributed by atoms with Gasteiger partial charge >= 0.3 is 0 Å². The number of methoxy groups -OCH3 is 1. The van der Waals surface area contributed by atoms with Crippen LogP contribution in [0.3, 0.4) is 0 Å². The predicted molar refractivity (Wildman–Crippen MR) is 82.5 cm³/mol. The van der Waals surface area contributed by atoms with Crippen molar-refractivity contribution < 1.29 is 4.74 Å². The van der Waals surface area contributed by atoms with Gasteiger partial charge in [-0.1, -0.05) is 11.3 Å². The molecule has 0 saturated heterocycles. The molecule has 0 aromatic carbocycles. The van der Waals surface area contributed by atoms with E-state index in [2.05, 4.69) is 22.2 Å². The summed E-state index contributed by atoms with van der Waals surface area (Å²) in [6.45, 7) is 2.87. The molecule has 5 nitrogen and oxygen atoms in total. The van der Waals surface area contributed by atoms with E-state index in [0.29, 0.717) is 5.88 Å². The Morgan fingerprint density at radius 1 is 1.35 bits per heavy atom. The summed E-state index contributed by atoms with van der Waals surface area (Å²) in [4.78, 5) is 11.6. The highest BCUT2D eigenvalue weighted by molar-refractivity contribution is 7.15. The number of nitrogens with zero attached hydrogens (tertiary/aromatic N) is 3. The molecule has 0 radical (unpaired) electrons. The van der Waals surface area contributed by atoms with Crippen molar-refractivity contribution in [3.63, 3.8) is 0 Å². The van der Waals surface area contributed by atoms with Crippen molar-refractivity contribution in [1.82, 2.24) is 15.3 Å². The van der Waals surface area contributed by atoms with Gasteiger partial charge < -0.3 is 15.0 Å². The average molecular weight is 292 g/mol. The van der Waals surface area contributed by atoms with Gasteiger partial charge in [0.05, 0.1) is 12.0 Å². The van der Waals surface area contributed by atoms with Gasteiger partial charge in [0.2, 0.25) is 5.88 Å². The summed E-state index contributed by atoms with van der Waals surface area (Å²) < 4.78 is 5.34. The van der Waals surface area contributed by atoms with Crippen molar-refractivity contribution in [2.45, 2.75) is 19.5 Å². The van der Waals surface area contributed by atoms with Gasteiger partial charge in [0.15, 0.2) is 5.13 Å². The molecule has 1 atom stereocenters. The molecule has 20 heavy (non-hydrogen) atoms. The summed E-state index contributed by atoms with van der Waals surface area (Å²) in [6, 6.07) is 4.30. The molecule has 2 rings (SSSR count). The average Bonchev–Trinajstić information content (AvgIpc) is 2.89. The second-order valence-electron chi connectivity index (χ2n) is 4.71. The molecule has 1 N–H and O–H groups in total. The Morgan fingerprint density at radius 3 is 2.65 bits per heavy atom. The van der Waals surface area contributed by atoms with Crippen molar-refractivity contribution in [1.29, 1.82) is 0 Å². The molecule has 2 heterocycles. The molecule has 0 aliphatic carbocycles. The predicted octanol–water partition coefficient (Wildman–Crippen LogP) is 2.46. The monoisotopic (exact) mass is 292 g/mol. The van der Waals surface area contributed by atoms with E-state index in [9.17, 15) is 0 Å². The topological polar surface area (TPSA) is 50.3 Å². The Balaban J connectivity index is 2.03. The molecular formula is C14H20N4OS. The van der Waals surface area contributed by atoms with Crippen LogP contribution < -0.4 is 15.0 Å². The minimum absolute atomic E-state index is 0.257. The third-order valence-corrected chi connectivity index (χ3v) is 4.21. The molecule has 0 spiro atoms. The van der Waals surface area contributed by atoms with Crippen molar-refractivity contribution in [2.75, 3.05) is 26.1 Å². The molecule has 0 bridgehead atoms. The smallest absolute Gasteiger partial charge is 0.230 e. The van der Waals surface area contributed by atoms with Gasteiger partial charge in [-0.15, -0.1) is 0 Å². The maximum Gasteiger partial charge on any atom is 0.230 e. The van der Waals surface area contributed by atoms with E-state index >= 15 is 0 Å². The van der Waals surface area contributed by atoms with E-state index < -0.39 is 0 Å². The zero-order valence-corrected chi connectivity index (χ0v) is 13.1. The highest BCUT2D eigenvalue weighted by atomic mass is 32.1. The maximum absolute atomic E-state index is 5.34. The summed E-state index contributed by atoms with van der Waals surface area (Å²) in [5.74, 6) is 0.702. The number of ether oxygens (including phenoxy) is 1. The summed E-state index contributed by atoms with van der Waals surface area (Å²) in [5, 5.41) is 4.44. The van der Waals surface area contributed by atoms with Crippen LogP contribution in [0, 0.1) is 0 Å². The number of rotatable bonds is 6. The third kappa shape index (κ3) is 3.46. The maximum atomic E-state index is 5.34. The van der Waals surface area contributed by atoms with Gasteiger partial charge in [-0.2, -0.15) is 4.98 Å². The second kappa shape index (κ2) is 6.67. The van der Waals surface area contributed by atoms with Gasteiger partial charge in [0.25, 0.3) is 0 Å². The number of pyridine rings is 1. The number of nitrogens with one attached hydrogen (secondary N) is 1. The molecule has 1 unspecified atom stereocenters. The van der Waals surface area contributed by atoms with Crippen LogP contribution in [0.4, 0.5) is 5.13 Å². The van der Waals surface area contributed by atoms with Crippen molar-refractivity contribution in [2.24, 2.45) is 0 Å². The quantitative estimate of drug-likeness (QED) is 0.886. The first-order valence-corrected chi connectivity index (χ1v) is 7.27. The summed E-state index contributed by atoms with van der Waals surface area (Å²) in [7, 11) is 5.62. The second-order valence-corrected chi connectivity index (χ2v) is 5.77. The molecule has 6 heteroatoms. The fourth-order valence-corrected chi connectivity index (χ4v) is 2.71. The molecule has 0 aliphatic heterocycles. The number of thiazole rings is 1. The first kappa shape index (κ1) is 14.7. The third-order valence-electron chi connectivity index (χ3n) is 3.00. The molecule has 0 aliphatic rings. The lowest BCUT2D eigenvalue weighted by Gasteiger charge is -2.13. The van der Waals surface area contributed by atoms with Crippen LogP contribution in [0.2, 0.25) is 0 Å².